The molecule has 1 aliphatic rings. The molecule has 3 rings (SSSR count). The first kappa shape index (κ1) is 16.9. The second kappa shape index (κ2) is 6.51. The van der Waals surface area contributed by atoms with Gasteiger partial charge in [-0.15, -0.1) is 0 Å². The molecule has 0 aliphatic carbocycles. The number of carbonyl (C=O) groups excluding carboxylic acids is 2. The average Bonchev–Trinajstić information content (AvgIpc) is 3.15. The Bertz CT molecular complexity index is 853. The Kier molecular flexibility index (Phi) is 4.39. The molecule has 2 aromatic rings. The van der Waals surface area contributed by atoms with Crippen LogP contribution in [0.4, 0.5) is 4.39 Å². The van der Waals surface area contributed by atoms with Gasteiger partial charge < -0.3 is 14.6 Å². The number of amides is 1. The third-order valence-corrected chi connectivity index (χ3v) is 4.12. The molecule has 1 saturated heterocycles. The van der Waals surface area contributed by atoms with Crippen molar-refractivity contribution in [1.29, 1.82) is 0 Å². The van der Waals surface area contributed by atoms with Gasteiger partial charge in [0.2, 0.25) is 0 Å². The lowest BCUT2D eigenvalue weighted by atomic mass is 10.1. The van der Waals surface area contributed by atoms with Gasteiger partial charge in [-0.3, -0.25) is 9.59 Å². The molecule has 1 amide bonds. The second-order valence-corrected chi connectivity index (χ2v) is 6.24. The molecule has 1 aromatic heterocycles. The van der Waals surface area contributed by atoms with Gasteiger partial charge in [0.15, 0.2) is 5.76 Å². The SMILES string of the molecule is CC(C)N1CC(=C(O)c2cn(Cc3ccc(F)cc3)cn2)C(=O)C1=O. The van der Waals surface area contributed by atoms with Crippen molar-refractivity contribution in [1.82, 2.24) is 14.5 Å². The van der Waals surface area contributed by atoms with Crippen LogP contribution in [-0.2, 0) is 16.1 Å². The fraction of sp³-hybridized carbons (Fsp3) is 0.278. The molecule has 0 saturated carbocycles. The van der Waals surface area contributed by atoms with Crippen molar-refractivity contribution in [3.05, 3.63) is 59.4 Å². The molecule has 0 radical (unpaired) electrons. The van der Waals surface area contributed by atoms with Gasteiger partial charge in [-0.2, -0.15) is 0 Å². The average molecular weight is 343 g/mol. The molecular weight excluding hydrogens is 325 g/mol. The predicted molar refractivity (Wildman–Crippen MR) is 89.1 cm³/mol. The van der Waals surface area contributed by atoms with E-state index < -0.39 is 11.7 Å². The van der Waals surface area contributed by atoms with Crippen LogP contribution in [-0.4, -0.2) is 43.8 Å². The molecule has 7 heteroatoms. The van der Waals surface area contributed by atoms with E-state index in [4.69, 9.17) is 0 Å². The van der Waals surface area contributed by atoms with Gasteiger partial charge in [-0.05, 0) is 31.5 Å². The highest BCUT2D eigenvalue weighted by molar-refractivity contribution is 6.46. The van der Waals surface area contributed by atoms with Crippen molar-refractivity contribution >= 4 is 17.4 Å². The number of carbonyl (C=O) groups is 2. The van der Waals surface area contributed by atoms with Crippen molar-refractivity contribution in [2.45, 2.75) is 26.4 Å². The highest BCUT2D eigenvalue weighted by Crippen LogP contribution is 2.23. The van der Waals surface area contributed by atoms with Gasteiger partial charge in [0, 0.05) is 18.8 Å². The quantitative estimate of drug-likeness (QED) is 0.524. The van der Waals surface area contributed by atoms with Gasteiger partial charge in [0.25, 0.3) is 11.7 Å². The lowest BCUT2D eigenvalue weighted by Gasteiger charge is -2.18. The van der Waals surface area contributed by atoms with Crippen molar-refractivity contribution in [3.63, 3.8) is 0 Å². The van der Waals surface area contributed by atoms with E-state index in [0.29, 0.717) is 6.54 Å². The number of Topliss-reactive ketones (excluding diaryl/α,β-unsaturated/α-hetero) is 1. The minimum absolute atomic E-state index is 0.0609. The summed E-state index contributed by atoms with van der Waals surface area (Å²) in [5.41, 5.74) is 1.16. The van der Waals surface area contributed by atoms with E-state index in [1.165, 1.54) is 23.4 Å². The molecular formula is C18H18FN3O3. The largest absolute Gasteiger partial charge is 0.505 e. The topological polar surface area (TPSA) is 75.4 Å². The van der Waals surface area contributed by atoms with E-state index in [2.05, 4.69) is 4.98 Å². The van der Waals surface area contributed by atoms with Crippen LogP contribution in [0.25, 0.3) is 5.76 Å². The standard InChI is InChI=1S/C18H18FN3O3/c1-11(2)22-8-14(17(24)18(22)25)16(23)15-9-21(10-20-15)7-12-3-5-13(19)6-4-12/h3-6,9-11,23H,7-8H2,1-2H3. The molecule has 130 valence electrons. The van der Waals surface area contributed by atoms with Crippen LogP contribution in [0.2, 0.25) is 0 Å². The summed E-state index contributed by atoms with van der Waals surface area (Å²) in [5, 5.41) is 10.4. The van der Waals surface area contributed by atoms with Crippen LogP contribution in [0, 0.1) is 5.82 Å². The number of nitrogens with zero attached hydrogens (tertiary/aromatic N) is 3. The molecule has 0 bridgehead atoms. The molecule has 1 aromatic carbocycles. The summed E-state index contributed by atoms with van der Waals surface area (Å²) >= 11 is 0. The first-order chi connectivity index (χ1) is 11.9. The monoisotopic (exact) mass is 343 g/mol. The number of halogens is 1. The number of hydrogen-bond donors (Lipinski definition) is 1. The zero-order valence-corrected chi connectivity index (χ0v) is 13.9. The molecule has 25 heavy (non-hydrogen) atoms. The number of aliphatic hydroxyl groups excluding tert-OH is 1. The van der Waals surface area contributed by atoms with Gasteiger partial charge in [-0.1, -0.05) is 12.1 Å². The number of benzene rings is 1. The lowest BCUT2D eigenvalue weighted by molar-refractivity contribution is -0.140. The van der Waals surface area contributed by atoms with E-state index in [1.54, 1.807) is 22.9 Å². The molecule has 1 N–H and O–H groups in total. The fourth-order valence-electron chi connectivity index (χ4n) is 2.70. The maximum Gasteiger partial charge on any atom is 0.295 e. The summed E-state index contributed by atoms with van der Waals surface area (Å²) in [7, 11) is 0. The van der Waals surface area contributed by atoms with Gasteiger partial charge >= 0.3 is 0 Å². The van der Waals surface area contributed by atoms with Gasteiger partial charge in [-0.25, -0.2) is 9.37 Å². The zero-order valence-electron chi connectivity index (χ0n) is 13.9. The Morgan fingerprint density at radius 1 is 1.28 bits per heavy atom. The van der Waals surface area contributed by atoms with Crippen LogP contribution in [0.3, 0.4) is 0 Å². The molecule has 2 heterocycles. The van der Waals surface area contributed by atoms with Crippen molar-refractivity contribution in [2.24, 2.45) is 0 Å². The highest BCUT2D eigenvalue weighted by Gasteiger charge is 2.38. The Labute approximate surface area is 144 Å². The molecule has 0 unspecified atom stereocenters. The van der Waals surface area contributed by atoms with E-state index in [0.717, 1.165) is 5.56 Å². The minimum atomic E-state index is -0.695. The van der Waals surface area contributed by atoms with Crippen LogP contribution >= 0.6 is 0 Å². The predicted octanol–water partition coefficient (Wildman–Crippen LogP) is 2.16. The van der Waals surface area contributed by atoms with Gasteiger partial charge in [0.05, 0.1) is 18.4 Å². The smallest absolute Gasteiger partial charge is 0.295 e. The minimum Gasteiger partial charge on any atom is -0.505 e. The van der Waals surface area contributed by atoms with E-state index in [1.807, 2.05) is 13.8 Å². The number of imidazole rings is 1. The molecule has 1 fully saturated rings. The van der Waals surface area contributed by atoms with Gasteiger partial charge in [0.1, 0.15) is 11.5 Å². The number of ketones is 1. The normalized spacial score (nSPS) is 16.9. The third kappa shape index (κ3) is 3.31. The number of hydrogen-bond acceptors (Lipinski definition) is 4. The van der Waals surface area contributed by atoms with Crippen molar-refractivity contribution < 1.29 is 19.1 Å². The lowest BCUT2D eigenvalue weighted by Crippen LogP contribution is -2.33. The Balaban J connectivity index is 1.83. The Hall–Kier alpha value is -2.96. The summed E-state index contributed by atoms with van der Waals surface area (Å²) < 4.78 is 14.7. The molecule has 1 aliphatic heterocycles. The van der Waals surface area contributed by atoms with Crippen LogP contribution in [0.1, 0.15) is 25.1 Å². The van der Waals surface area contributed by atoms with E-state index in [9.17, 15) is 19.1 Å². The zero-order chi connectivity index (χ0) is 18.1. The molecule has 0 spiro atoms. The summed E-state index contributed by atoms with van der Waals surface area (Å²) in [4.78, 5) is 29.5. The first-order valence-electron chi connectivity index (χ1n) is 7.91. The van der Waals surface area contributed by atoms with Crippen LogP contribution in [0.15, 0.2) is 42.4 Å². The van der Waals surface area contributed by atoms with Crippen molar-refractivity contribution in [3.8, 4) is 0 Å². The summed E-state index contributed by atoms with van der Waals surface area (Å²) in [6.07, 6.45) is 3.10. The first-order valence-corrected chi connectivity index (χ1v) is 7.91. The second-order valence-electron chi connectivity index (χ2n) is 6.24. The summed E-state index contributed by atoms with van der Waals surface area (Å²) in [5.74, 6) is -1.89. The Morgan fingerprint density at radius 3 is 2.56 bits per heavy atom. The summed E-state index contributed by atoms with van der Waals surface area (Å²) in [6, 6.07) is 5.93. The van der Waals surface area contributed by atoms with Crippen LogP contribution in [0.5, 0.6) is 0 Å². The van der Waals surface area contributed by atoms with E-state index in [-0.39, 0.29) is 35.4 Å². The Morgan fingerprint density at radius 2 is 1.96 bits per heavy atom. The molecule has 0 atom stereocenters. The number of aliphatic hydroxyl groups is 1. The maximum atomic E-state index is 12.9. The highest BCUT2D eigenvalue weighted by atomic mass is 19.1. The molecule has 6 nitrogen and oxygen atoms in total. The number of aromatic nitrogens is 2. The third-order valence-electron chi connectivity index (χ3n) is 4.12. The maximum absolute atomic E-state index is 12.9. The van der Waals surface area contributed by atoms with Crippen LogP contribution < -0.4 is 0 Å². The number of rotatable bonds is 4. The summed E-state index contributed by atoms with van der Waals surface area (Å²) in [6.45, 7) is 4.14. The van der Waals surface area contributed by atoms with E-state index >= 15 is 0 Å². The van der Waals surface area contributed by atoms with Crippen molar-refractivity contribution in [2.75, 3.05) is 6.54 Å². The fourth-order valence-corrected chi connectivity index (χ4v) is 2.70. The number of likely N-dealkylation sites (tertiary alicyclic amines) is 1.